The molecule has 0 bridgehead atoms. The number of nitrogens with one attached hydrogen (secondary N) is 6. The van der Waals surface area contributed by atoms with E-state index < -0.39 is 0 Å². The lowest BCUT2D eigenvalue weighted by Crippen LogP contribution is -2.45. The molecule has 0 saturated carbocycles. The van der Waals surface area contributed by atoms with E-state index >= 15 is 0 Å². The van der Waals surface area contributed by atoms with Crippen LogP contribution in [-0.4, -0.2) is 166 Å². The zero-order chi connectivity index (χ0) is 53.6. The highest BCUT2D eigenvalue weighted by Crippen LogP contribution is 2.35. The Morgan fingerprint density at radius 1 is 0.395 bits per heavy atom. The molecule has 4 aromatic heterocycles. The van der Waals surface area contributed by atoms with Crippen LogP contribution in [0.4, 0.5) is 22.7 Å². The smallest absolute Gasteiger partial charge is 0.272 e. The summed E-state index contributed by atoms with van der Waals surface area (Å²) in [5.41, 5.74) is 8.29. The normalized spacial score (nSPS) is 15.1. The van der Waals surface area contributed by atoms with Crippen molar-refractivity contribution < 1.29 is 28.8 Å². The van der Waals surface area contributed by atoms with E-state index in [9.17, 15) is 28.8 Å². The molecule has 2 saturated heterocycles. The van der Waals surface area contributed by atoms with Crippen molar-refractivity contribution in [2.24, 2.45) is 28.2 Å². The number of amides is 6. The number of hydrogen-bond acceptors (Lipinski definition) is 10. The van der Waals surface area contributed by atoms with E-state index in [0.717, 1.165) is 101 Å². The quantitative estimate of drug-likeness (QED) is 0.0663. The molecule has 6 amide bonds. The van der Waals surface area contributed by atoms with Crippen molar-refractivity contribution in [3.8, 4) is 11.1 Å². The van der Waals surface area contributed by atoms with Crippen molar-refractivity contribution in [1.29, 1.82) is 0 Å². The summed E-state index contributed by atoms with van der Waals surface area (Å²) in [6.07, 6.45) is 9.78. The topological polar surface area (TPSA) is 207 Å². The Kier molecular flexibility index (Phi) is 16.3. The fourth-order valence-electron chi connectivity index (χ4n) is 10.2. The molecular weight excluding hydrogens is 965 g/mol. The van der Waals surface area contributed by atoms with Gasteiger partial charge in [-0.2, -0.15) is 0 Å². The van der Waals surface area contributed by atoms with Gasteiger partial charge in [0.1, 0.15) is 22.8 Å². The molecule has 9 rings (SSSR count). The predicted molar refractivity (Wildman–Crippen MR) is 295 cm³/mol. The third kappa shape index (κ3) is 12.7. The van der Waals surface area contributed by atoms with E-state index in [1.165, 1.54) is 0 Å². The fraction of sp³-hybridized carbons (Fsp3) is 0.393. The third-order valence-corrected chi connectivity index (χ3v) is 14.7. The van der Waals surface area contributed by atoms with Crippen LogP contribution in [0, 0.1) is 0 Å². The van der Waals surface area contributed by atoms with E-state index in [1.807, 2.05) is 24.3 Å². The van der Waals surface area contributed by atoms with Gasteiger partial charge in [0, 0.05) is 130 Å². The molecular formula is C56H70N14O6. The number of likely N-dealkylation sites (N-methyl/N-ethyl adjacent to an activating group) is 2. The number of aromatic nitrogens is 4. The first-order chi connectivity index (χ1) is 36.5. The number of anilines is 4. The minimum Gasteiger partial charge on any atom is -0.351 e. The van der Waals surface area contributed by atoms with Gasteiger partial charge in [0.15, 0.2) is 0 Å². The lowest BCUT2D eigenvalue weighted by Gasteiger charge is -2.32. The van der Waals surface area contributed by atoms with E-state index in [4.69, 9.17) is 0 Å². The van der Waals surface area contributed by atoms with E-state index in [1.54, 1.807) is 108 Å². The number of rotatable bonds is 18. The summed E-state index contributed by atoms with van der Waals surface area (Å²) in [6, 6.07) is 17.7. The number of nitrogens with zero attached hydrogens (tertiary/aromatic N) is 8. The Morgan fingerprint density at radius 3 is 1.05 bits per heavy atom. The van der Waals surface area contributed by atoms with Crippen LogP contribution in [0.1, 0.15) is 86.6 Å². The molecule has 6 N–H and O–H groups in total. The standard InChI is InChI=1S/C56H70N14O6/c1-63-19-23-69(24-20-63)17-7-15-57-53(73)47-29-43(35-65(47)3)61-55(75)49-31-41(33-67(49)5)59-51(71)39-11-13-45-37(27-39)9-10-38-28-40(12-14-46(38)45)52(72)60-42-32-50(68(6)34-42)56(76)62-44-30-48(66(4)36-44)54(74)58-16-8-18-70-25-21-64(2)22-26-70/h11-14,27-36H,7-10,15-26H2,1-6H3,(H,57,73)(H,58,74)(H,59,71)(H,60,72)(H,61,75)(H,62,76). The molecule has 6 aromatic rings. The van der Waals surface area contributed by atoms with Gasteiger partial charge in [-0.15, -0.1) is 0 Å². The second-order valence-electron chi connectivity index (χ2n) is 20.5. The first kappa shape index (κ1) is 53.1. The van der Waals surface area contributed by atoms with Gasteiger partial charge in [-0.1, -0.05) is 12.1 Å². The molecule has 2 aliphatic heterocycles. The fourth-order valence-corrected chi connectivity index (χ4v) is 10.2. The van der Waals surface area contributed by atoms with E-state index in [-0.39, 0.29) is 35.4 Å². The first-order valence-corrected chi connectivity index (χ1v) is 26.1. The first-order valence-electron chi connectivity index (χ1n) is 26.1. The van der Waals surface area contributed by atoms with Crippen molar-refractivity contribution in [3.05, 3.63) is 130 Å². The van der Waals surface area contributed by atoms with Crippen LogP contribution in [0.2, 0.25) is 0 Å². The summed E-state index contributed by atoms with van der Waals surface area (Å²) < 4.78 is 6.65. The molecule has 1 aliphatic carbocycles. The molecule has 6 heterocycles. The van der Waals surface area contributed by atoms with Gasteiger partial charge in [0.05, 0.1) is 22.7 Å². The lowest BCUT2D eigenvalue weighted by molar-refractivity contribution is 0.0933. The average Bonchev–Trinajstić information content (AvgIpc) is 4.21. The summed E-state index contributed by atoms with van der Waals surface area (Å²) in [5, 5.41) is 17.6. The summed E-state index contributed by atoms with van der Waals surface area (Å²) in [5.74, 6) is -1.83. The number of hydrogen-bond donors (Lipinski definition) is 6. The van der Waals surface area contributed by atoms with Crippen LogP contribution in [0.5, 0.6) is 0 Å². The molecule has 2 fully saturated rings. The summed E-state index contributed by atoms with van der Waals surface area (Å²) in [6.45, 7) is 11.3. The van der Waals surface area contributed by atoms with Crippen LogP contribution in [-0.2, 0) is 41.0 Å². The number of aryl methyl sites for hydroxylation is 6. The Hall–Kier alpha value is -7.78. The number of benzene rings is 2. The number of fused-ring (bicyclic) bond motifs is 3. The second kappa shape index (κ2) is 23.4. The highest BCUT2D eigenvalue weighted by Gasteiger charge is 2.24. The van der Waals surface area contributed by atoms with Gasteiger partial charge in [-0.25, -0.2) is 0 Å². The number of piperazine rings is 2. The van der Waals surface area contributed by atoms with E-state index in [0.29, 0.717) is 82.6 Å². The Morgan fingerprint density at radius 2 is 0.711 bits per heavy atom. The summed E-state index contributed by atoms with van der Waals surface area (Å²) >= 11 is 0. The van der Waals surface area contributed by atoms with Crippen molar-refractivity contribution >= 4 is 58.2 Å². The van der Waals surface area contributed by atoms with Crippen LogP contribution < -0.4 is 31.9 Å². The highest BCUT2D eigenvalue weighted by atomic mass is 16.2. The molecule has 0 atom stereocenters. The van der Waals surface area contributed by atoms with Gasteiger partial charge in [0.2, 0.25) is 0 Å². The highest BCUT2D eigenvalue weighted by molar-refractivity contribution is 6.09. The molecule has 0 spiro atoms. The average molecular weight is 1040 g/mol. The van der Waals surface area contributed by atoms with Gasteiger partial charge >= 0.3 is 0 Å². The summed E-state index contributed by atoms with van der Waals surface area (Å²) in [4.78, 5) is 89.5. The SMILES string of the molecule is CN1CCN(CCCNC(=O)c2cc(NC(=O)c3cc(NC(=O)c4ccc5c(c4)CCc4cc(C(=O)Nc6cc(C(=O)Nc7cc(C(=O)NCCCN8CCN(C)CC8)n(C)c7)n(C)c6)ccc4-5)cn3C)cn2C)CC1. The maximum absolute atomic E-state index is 13.6. The Bertz CT molecular complexity index is 2940. The lowest BCUT2D eigenvalue weighted by atomic mass is 9.84. The third-order valence-electron chi connectivity index (χ3n) is 14.7. The zero-order valence-electron chi connectivity index (χ0n) is 44.4. The van der Waals surface area contributed by atoms with E-state index in [2.05, 4.69) is 65.6 Å². The molecule has 2 aromatic carbocycles. The maximum Gasteiger partial charge on any atom is 0.272 e. The van der Waals surface area contributed by atoms with Crippen molar-refractivity contribution in [2.75, 3.05) is 114 Å². The Labute approximate surface area is 443 Å². The molecule has 0 radical (unpaired) electrons. The predicted octanol–water partition coefficient (Wildman–Crippen LogP) is 4.55. The molecule has 76 heavy (non-hydrogen) atoms. The molecule has 3 aliphatic rings. The van der Waals surface area contributed by atoms with Gasteiger partial charge in [-0.3, -0.25) is 28.8 Å². The molecule has 20 heteroatoms. The maximum atomic E-state index is 13.6. The van der Waals surface area contributed by atoms with Crippen LogP contribution in [0.25, 0.3) is 11.1 Å². The molecule has 0 unspecified atom stereocenters. The number of carbonyl (C=O) groups is 6. The largest absolute Gasteiger partial charge is 0.351 e. The molecule has 20 nitrogen and oxygen atoms in total. The van der Waals surface area contributed by atoms with Crippen LogP contribution >= 0.6 is 0 Å². The van der Waals surface area contributed by atoms with Crippen molar-refractivity contribution in [3.63, 3.8) is 0 Å². The van der Waals surface area contributed by atoms with Crippen molar-refractivity contribution in [1.82, 2.24) is 48.5 Å². The van der Waals surface area contributed by atoms with Crippen LogP contribution in [0.15, 0.2) is 85.5 Å². The van der Waals surface area contributed by atoms with Gasteiger partial charge in [0.25, 0.3) is 35.4 Å². The van der Waals surface area contributed by atoms with Gasteiger partial charge < -0.3 is 69.8 Å². The minimum atomic E-state index is -0.389. The van der Waals surface area contributed by atoms with Gasteiger partial charge in [-0.05, 0) is 124 Å². The molecule has 400 valence electrons. The second-order valence-corrected chi connectivity index (χ2v) is 20.5. The number of carbonyl (C=O) groups excluding carboxylic acids is 6. The van der Waals surface area contributed by atoms with Crippen LogP contribution in [0.3, 0.4) is 0 Å². The Balaban J connectivity index is 0.747. The van der Waals surface area contributed by atoms with Crippen molar-refractivity contribution in [2.45, 2.75) is 25.7 Å². The summed E-state index contributed by atoms with van der Waals surface area (Å²) in [7, 11) is 11.2. The minimum absolute atomic E-state index is 0.207. The zero-order valence-corrected chi connectivity index (χ0v) is 44.4. The monoisotopic (exact) mass is 1030 g/mol.